The molecule has 0 bridgehead atoms. The van der Waals surface area contributed by atoms with Crippen molar-refractivity contribution in [2.45, 2.75) is 51.2 Å². The van der Waals surface area contributed by atoms with Gasteiger partial charge < -0.3 is 10.2 Å². The lowest BCUT2D eigenvalue weighted by molar-refractivity contribution is 0.0464. The van der Waals surface area contributed by atoms with Gasteiger partial charge in [0.15, 0.2) is 0 Å². The van der Waals surface area contributed by atoms with Crippen LogP contribution in [0.3, 0.4) is 0 Å². The Morgan fingerprint density at radius 1 is 0.870 bits per heavy atom. The summed E-state index contributed by atoms with van der Waals surface area (Å²) in [7, 11) is 0. The summed E-state index contributed by atoms with van der Waals surface area (Å²) in [5, 5.41) is 20.5. The summed E-state index contributed by atoms with van der Waals surface area (Å²) in [4.78, 5) is 0. The van der Waals surface area contributed by atoms with Gasteiger partial charge in [-0.25, -0.2) is 0 Å². The molecule has 0 amide bonds. The Morgan fingerprint density at radius 3 is 2.43 bits per heavy atom. The monoisotopic (exact) mass is 306 g/mol. The quantitative estimate of drug-likeness (QED) is 0.850. The topological polar surface area (TPSA) is 40.5 Å². The van der Waals surface area contributed by atoms with E-state index in [1.807, 2.05) is 6.07 Å². The lowest BCUT2D eigenvalue weighted by Gasteiger charge is -2.27. The van der Waals surface area contributed by atoms with Crippen molar-refractivity contribution in [1.82, 2.24) is 0 Å². The van der Waals surface area contributed by atoms with Gasteiger partial charge >= 0.3 is 0 Å². The average molecular weight is 306 g/mol. The van der Waals surface area contributed by atoms with Crippen LogP contribution in [0, 0.1) is 5.41 Å². The molecule has 2 nitrogen and oxygen atoms in total. The maximum absolute atomic E-state index is 11.1. The van der Waals surface area contributed by atoms with Crippen molar-refractivity contribution in [2.75, 3.05) is 0 Å². The van der Waals surface area contributed by atoms with Gasteiger partial charge in [-0.2, -0.15) is 0 Å². The van der Waals surface area contributed by atoms with Gasteiger partial charge in [0.1, 0.15) is 0 Å². The molecular weight excluding hydrogens is 284 g/mol. The number of aryl methyl sites for hydroxylation is 2. The first kappa shape index (κ1) is 13.8. The Bertz CT molecular complexity index is 808. The second-order valence-corrected chi connectivity index (χ2v) is 7.73. The van der Waals surface area contributed by atoms with E-state index in [0.717, 1.165) is 24.8 Å². The van der Waals surface area contributed by atoms with E-state index in [9.17, 15) is 10.2 Å². The zero-order valence-corrected chi connectivity index (χ0v) is 13.3. The average Bonchev–Trinajstić information content (AvgIpc) is 3.22. The van der Waals surface area contributed by atoms with Crippen molar-refractivity contribution in [2.24, 2.45) is 5.41 Å². The summed E-state index contributed by atoms with van der Waals surface area (Å²) in [5.74, 6) is 0. The Hall–Kier alpha value is -1.64. The van der Waals surface area contributed by atoms with Gasteiger partial charge in [-0.15, -0.1) is 0 Å². The van der Waals surface area contributed by atoms with Crippen molar-refractivity contribution in [3.8, 4) is 0 Å². The van der Waals surface area contributed by atoms with Crippen molar-refractivity contribution < 1.29 is 10.2 Å². The summed E-state index contributed by atoms with van der Waals surface area (Å²) < 4.78 is 0. The minimum Gasteiger partial charge on any atom is -0.392 e. The number of fused-ring (bicyclic) bond motifs is 3. The largest absolute Gasteiger partial charge is 0.392 e. The molecule has 1 spiro atoms. The van der Waals surface area contributed by atoms with E-state index in [0.29, 0.717) is 0 Å². The zero-order chi connectivity index (χ0) is 15.6. The molecule has 2 aromatic rings. The van der Waals surface area contributed by atoms with Crippen LogP contribution < -0.4 is 0 Å². The van der Waals surface area contributed by atoms with E-state index in [-0.39, 0.29) is 18.1 Å². The number of benzene rings is 2. The van der Waals surface area contributed by atoms with Gasteiger partial charge in [-0.1, -0.05) is 30.3 Å². The van der Waals surface area contributed by atoms with Gasteiger partial charge in [0.05, 0.1) is 12.7 Å². The molecule has 0 heterocycles. The molecule has 0 aliphatic heterocycles. The summed E-state index contributed by atoms with van der Waals surface area (Å²) >= 11 is 0. The molecule has 2 aromatic carbocycles. The molecule has 2 atom stereocenters. The van der Waals surface area contributed by atoms with E-state index in [2.05, 4.69) is 24.3 Å². The number of aliphatic hydroxyl groups excluding tert-OH is 2. The molecule has 2 N–H and O–H groups in total. The summed E-state index contributed by atoms with van der Waals surface area (Å²) in [5.41, 5.74) is 9.09. The van der Waals surface area contributed by atoms with Crippen LogP contribution in [0.2, 0.25) is 0 Å². The van der Waals surface area contributed by atoms with Crippen LogP contribution in [0.25, 0.3) is 0 Å². The summed E-state index contributed by atoms with van der Waals surface area (Å²) in [6, 6.07) is 10.9. The molecule has 5 rings (SSSR count). The van der Waals surface area contributed by atoms with Crippen molar-refractivity contribution in [1.29, 1.82) is 0 Å². The molecule has 0 saturated heterocycles. The van der Waals surface area contributed by atoms with Crippen LogP contribution in [0.1, 0.15) is 51.5 Å². The predicted molar refractivity (Wildman–Crippen MR) is 89.3 cm³/mol. The molecule has 3 aliphatic carbocycles. The smallest absolute Gasteiger partial charge is 0.0858 e. The number of aliphatic hydroxyl groups is 2. The third-order valence-electron chi connectivity index (χ3n) is 6.31. The first-order valence-corrected chi connectivity index (χ1v) is 8.73. The lowest BCUT2D eigenvalue weighted by atomic mass is 9.79. The van der Waals surface area contributed by atoms with Crippen LogP contribution >= 0.6 is 0 Å². The Labute approximate surface area is 136 Å². The zero-order valence-electron chi connectivity index (χ0n) is 13.3. The van der Waals surface area contributed by atoms with Crippen molar-refractivity contribution >= 4 is 0 Å². The third kappa shape index (κ3) is 1.88. The van der Waals surface area contributed by atoms with Crippen molar-refractivity contribution in [3.63, 3.8) is 0 Å². The molecule has 3 aliphatic rings. The van der Waals surface area contributed by atoms with E-state index in [1.165, 1.54) is 52.6 Å². The number of rotatable bonds is 1. The minimum absolute atomic E-state index is 0.0617. The highest BCUT2D eigenvalue weighted by atomic mass is 16.3. The maximum Gasteiger partial charge on any atom is 0.0858 e. The van der Waals surface area contributed by atoms with Crippen molar-refractivity contribution in [3.05, 3.63) is 69.3 Å². The van der Waals surface area contributed by atoms with E-state index < -0.39 is 0 Å². The first-order valence-electron chi connectivity index (χ1n) is 8.73. The normalized spacial score (nSPS) is 27.3. The van der Waals surface area contributed by atoms with Gasteiger partial charge in [-0.3, -0.25) is 0 Å². The Kier molecular flexibility index (Phi) is 2.80. The molecule has 0 aromatic heterocycles. The molecule has 2 heteroatoms. The third-order valence-corrected chi connectivity index (χ3v) is 6.31. The Balaban J connectivity index is 1.54. The Morgan fingerprint density at radius 2 is 1.61 bits per heavy atom. The molecule has 0 fully saturated rings. The fourth-order valence-corrected chi connectivity index (χ4v) is 5.16. The fourth-order valence-electron chi connectivity index (χ4n) is 5.16. The molecule has 0 saturated carbocycles. The fraction of sp³-hybridized carbons (Fsp3) is 0.429. The van der Waals surface area contributed by atoms with Crippen LogP contribution in [0.4, 0.5) is 0 Å². The van der Waals surface area contributed by atoms with Gasteiger partial charge in [0.2, 0.25) is 0 Å². The first-order chi connectivity index (χ1) is 11.2. The van der Waals surface area contributed by atoms with Crippen LogP contribution in [-0.2, 0) is 38.7 Å². The number of hydrogen-bond acceptors (Lipinski definition) is 2. The lowest BCUT2D eigenvalue weighted by Crippen LogP contribution is -2.26. The van der Waals surface area contributed by atoms with Crippen LogP contribution in [0.5, 0.6) is 0 Å². The summed E-state index contributed by atoms with van der Waals surface area (Å²) in [6.07, 6.45) is 6.14. The molecular formula is C21H22O2. The van der Waals surface area contributed by atoms with Gasteiger partial charge in [0.25, 0.3) is 0 Å². The van der Waals surface area contributed by atoms with E-state index in [1.54, 1.807) is 0 Å². The maximum atomic E-state index is 11.1. The summed E-state index contributed by atoms with van der Waals surface area (Å²) in [6.45, 7) is 0.0930. The molecule has 0 unspecified atom stereocenters. The molecule has 118 valence electrons. The second kappa shape index (κ2) is 4.68. The molecule has 23 heavy (non-hydrogen) atoms. The van der Waals surface area contributed by atoms with Gasteiger partial charge in [0, 0.05) is 5.41 Å². The van der Waals surface area contributed by atoms with Crippen LogP contribution in [0.15, 0.2) is 30.3 Å². The SMILES string of the molecule is OCc1ccc2c(c1)C[C@@]1(C2)Cc2cc3c(cc2[C@@H]1O)CCC3. The van der Waals surface area contributed by atoms with E-state index in [4.69, 9.17) is 0 Å². The number of hydrogen-bond donors (Lipinski definition) is 2. The highest BCUT2D eigenvalue weighted by molar-refractivity contribution is 5.49. The predicted octanol–water partition coefficient (Wildman–Crippen LogP) is 3.04. The highest BCUT2D eigenvalue weighted by Crippen LogP contribution is 2.54. The molecule has 0 radical (unpaired) electrons. The standard InChI is InChI=1S/C21H22O2/c22-12-13-4-5-16-9-21(10-17(16)6-13)11-18-7-14-2-1-3-15(14)8-19(18)20(21)23/h4-8,20,22-23H,1-3,9-12H2/t20-,21-/m0/s1. The van der Waals surface area contributed by atoms with Gasteiger partial charge in [-0.05, 0) is 77.5 Å². The highest BCUT2D eigenvalue weighted by Gasteiger charge is 2.49. The van der Waals surface area contributed by atoms with E-state index >= 15 is 0 Å². The second-order valence-electron chi connectivity index (χ2n) is 7.73. The minimum atomic E-state index is -0.353. The van der Waals surface area contributed by atoms with Crippen LogP contribution in [-0.4, -0.2) is 10.2 Å².